The molecule has 174 valence electrons. The van der Waals surface area contributed by atoms with Crippen LogP contribution >= 0.6 is 43.5 Å². The number of hydrogen-bond acceptors (Lipinski definition) is 3. The molecule has 0 saturated carbocycles. The summed E-state index contributed by atoms with van der Waals surface area (Å²) >= 11 is 13.7. The Hall–Kier alpha value is -2.22. The van der Waals surface area contributed by atoms with E-state index in [2.05, 4.69) is 44.0 Å². The average Bonchev–Trinajstić information content (AvgIpc) is 3.00. The number of rotatable bonds is 2. The second-order valence-electron chi connectivity index (χ2n) is 8.65. The minimum Gasteiger partial charge on any atom is -0.619 e. The number of fused-ring (bicyclic) bond motifs is 2. The summed E-state index contributed by atoms with van der Waals surface area (Å²) in [5.74, 6) is 0.0888. The van der Waals surface area contributed by atoms with Crippen molar-refractivity contribution in [1.82, 2.24) is 9.88 Å². The molecule has 3 aromatic rings. The van der Waals surface area contributed by atoms with Crippen LogP contribution in [0.1, 0.15) is 40.8 Å². The van der Waals surface area contributed by atoms with Crippen molar-refractivity contribution in [3.8, 4) is 0 Å². The molecule has 1 saturated heterocycles. The topological polar surface area (TPSA) is 60.1 Å². The SMILES string of the molecule is O=C(Cc1cc[n+]([O-])cc1)N1CCC(=C2c3ccc(Cl)c(Br)c3CCc3cc(Br)cnc32)CC1. The zero-order valence-corrected chi connectivity index (χ0v) is 22.3. The van der Waals surface area contributed by atoms with Gasteiger partial charge in [-0.15, -0.1) is 0 Å². The Bertz CT molecular complexity index is 1300. The monoisotopic (exact) mass is 601 g/mol. The minimum atomic E-state index is 0.0888. The molecule has 2 aromatic heterocycles. The highest BCUT2D eigenvalue weighted by Crippen LogP contribution is 2.42. The molecule has 0 radical (unpaired) electrons. The van der Waals surface area contributed by atoms with Gasteiger partial charge in [0.1, 0.15) is 0 Å². The van der Waals surface area contributed by atoms with Crippen molar-refractivity contribution in [2.45, 2.75) is 32.1 Å². The second-order valence-corrected chi connectivity index (χ2v) is 10.8. The fraction of sp³-hybridized carbons (Fsp3) is 0.269. The molecule has 3 heterocycles. The van der Waals surface area contributed by atoms with Gasteiger partial charge in [-0.1, -0.05) is 23.2 Å². The van der Waals surface area contributed by atoms with Crippen molar-refractivity contribution in [3.05, 3.63) is 102 Å². The third-order valence-electron chi connectivity index (χ3n) is 6.58. The first-order chi connectivity index (χ1) is 16.4. The number of pyridine rings is 2. The zero-order chi connectivity index (χ0) is 23.8. The van der Waals surface area contributed by atoms with Gasteiger partial charge >= 0.3 is 0 Å². The first kappa shape index (κ1) is 23.5. The van der Waals surface area contributed by atoms with Crippen LogP contribution in [0.4, 0.5) is 0 Å². The van der Waals surface area contributed by atoms with Crippen LogP contribution in [0, 0.1) is 5.21 Å². The number of amides is 1. The first-order valence-corrected chi connectivity index (χ1v) is 13.2. The molecule has 5 nitrogen and oxygen atoms in total. The van der Waals surface area contributed by atoms with Crippen molar-refractivity contribution in [2.24, 2.45) is 0 Å². The Balaban J connectivity index is 1.46. The molecule has 0 spiro atoms. The van der Waals surface area contributed by atoms with Gasteiger partial charge in [0.15, 0.2) is 12.4 Å². The molecule has 1 amide bonds. The number of carbonyl (C=O) groups is 1. The summed E-state index contributed by atoms with van der Waals surface area (Å²) in [4.78, 5) is 19.7. The Morgan fingerprint density at radius 3 is 2.56 bits per heavy atom. The van der Waals surface area contributed by atoms with Crippen molar-refractivity contribution in [3.63, 3.8) is 0 Å². The third-order valence-corrected chi connectivity index (χ3v) is 8.46. The molecule has 0 atom stereocenters. The molecular formula is C26H22Br2ClN3O2. The number of aryl methyl sites for hydroxylation is 1. The van der Waals surface area contributed by atoms with Crippen LogP contribution in [0.3, 0.4) is 0 Å². The van der Waals surface area contributed by atoms with Crippen molar-refractivity contribution in [2.75, 3.05) is 13.1 Å². The largest absolute Gasteiger partial charge is 0.619 e. The van der Waals surface area contributed by atoms with E-state index in [-0.39, 0.29) is 5.91 Å². The molecule has 34 heavy (non-hydrogen) atoms. The molecule has 1 aliphatic heterocycles. The standard InChI is InChI=1S/C26H22Br2ClN3O2/c27-19-14-18-1-2-21-20(3-4-22(29)25(21)28)24(26(18)30-15-19)17-7-9-31(10-8-17)23(33)13-16-5-11-32(34)12-6-16/h3-6,11-12,14-15H,1-2,7-10,13H2. The first-order valence-electron chi connectivity index (χ1n) is 11.2. The molecule has 1 fully saturated rings. The molecule has 1 aliphatic carbocycles. The number of halogens is 3. The lowest BCUT2D eigenvalue weighted by molar-refractivity contribution is -0.605. The second kappa shape index (κ2) is 9.80. The number of benzene rings is 1. The van der Waals surface area contributed by atoms with E-state index >= 15 is 0 Å². The molecule has 0 N–H and O–H groups in total. The van der Waals surface area contributed by atoms with Crippen LogP contribution < -0.4 is 4.73 Å². The molecule has 0 bridgehead atoms. The summed E-state index contributed by atoms with van der Waals surface area (Å²) in [6.45, 7) is 1.34. The highest BCUT2D eigenvalue weighted by Gasteiger charge is 2.28. The Morgan fingerprint density at radius 2 is 1.82 bits per heavy atom. The van der Waals surface area contributed by atoms with Gasteiger partial charge in [0.25, 0.3) is 0 Å². The smallest absolute Gasteiger partial charge is 0.227 e. The van der Waals surface area contributed by atoms with E-state index in [1.807, 2.05) is 17.2 Å². The summed E-state index contributed by atoms with van der Waals surface area (Å²) in [7, 11) is 0. The van der Waals surface area contributed by atoms with Gasteiger partial charge in [0.2, 0.25) is 5.91 Å². The molecule has 5 rings (SSSR count). The summed E-state index contributed by atoms with van der Waals surface area (Å²) in [5.41, 5.74) is 7.99. The average molecular weight is 604 g/mol. The van der Waals surface area contributed by atoms with E-state index < -0.39 is 0 Å². The lowest BCUT2D eigenvalue weighted by atomic mass is 9.88. The summed E-state index contributed by atoms with van der Waals surface area (Å²) in [6.07, 6.45) is 8.38. The molecule has 1 aromatic carbocycles. The van der Waals surface area contributed by atoms with Gasteiger partial charge in [-0.05, 0) is 91.9 Å². The lowest BCUT2D eigenvalue weighted by Crippen LogP contribution is -2.37. The van der Waals surface area contributed by atoms with Gasteiger partial charge in [0, 0.05) is 45.9 Å². The van der Waals surface area contributed by atoms with Gasteiger partial charge in [-0.25, -0.2) is 0 Å². The summed E-state index contributed by atoms with van der Waals surface area (Å²) in [6, 6.07) is 9.62. The predicted molar refractivity (Wildman–Crippen MR) is 139 cm³/mol. The summed E-state index contributed by atoms with van der Waals surface area (Å²) in [5, 5.41) is 12.0. The van der Waals surface area contributed by atoms with Crippen LogP contribution in [0.2, 0.25) is 5.02 Å². The van der Waals surface area contributed by atoms with Crippen LogP contribution in [-0.2, 0) is 24.1 Å². The number of aromatic nitrogens is 2. The van der Waals surface area contributed by atoms with Crippen LogP contribution in [0.25, 0.3) is 5.57 Å². The van der Waals surface area contributed by atoms with E-state index in [1.54, 1.807) is 12.1 Å². The molecule has 0 unspecified atom stereocenters. The molecule has 8 heteroatoms. The number of likely N-dealkylation sites (tertiary alicyclic amines) is 1. The normalized spacial score (nSPS) is 15.6. The Morgan fingerprint density at radius 1 is 1.09 bits per heavy atom. The van der Waals surface area contributed by atoms with E-state index in [0.29, 0.717) is 24.5 Å². The maximum absolute atomic E-state index is 12.9. The van der Waals surface area contributed by atoms with Gasteiger partial charge in [-0.3, -0.25) is 9.78 Å². The Kier molecular flexibility index (Phi) is 6.78. The maximum atomic E-state index is 12.9. The van der Waals surface area contributed by atoms with Gasteiger partial charge < -0.3 is 10.1 Å². The quantitative estimate of drug-likeness (QED) is 0.281. The van der Waals surface area contributed by atoms with Crippen LogP contribution in [0.5, 0.6) is 0 Å². The zero-order valence-electron chi connectivity index (χ0n) is 18.4. The van der Waals surface area contributed by atoms with E-state index in [0.717, 1.165) is 50.6 Å². The Labute approximate surface area is 220 Å². The fourth-order valence-corrected chi connectivity index (χ4v) is 5.94. The fourth-order valence-electron chi connectivity index (χ4n) is 4.84. The highest BCUT2D eigenvalue weighted by molar-refractivity contribution is 9.10. The third kappa shape index (κ3) is 4.66. The van der Waals surface area contributed by atoms with Gasteiger partial charge in [-0.2, -0.15) is 4.73 Å². The highest BCUT2D eigenvalue weighted by atomic mass is 79.9. The predicted octanol–water partition coefficient (Wildman–Crippen LogP) is 5.66. The number of piperidine rings is 1. The number of carbonyl (C=O) groups excluding carboxylic acids is 1. The minimum absolute atomic E-state index is 0.0888. The van der Waals surface area contributed by atoms with Crippen molar-refractivity contribution >= 4 is 54.9 Å². The van der Waals surface area contributed by atoms with E-state index in [1.165, 1.54) is 40.2 Å². The number of nitrogens with zero attached hydrogens (tertiary/aromatic N) is 3. The van der Waals surface area contributed by atoms with Gasteiger partial charge in [0.05, 0.1) is 17.1 Å². The lowest BCUT2D eigenvalue weighted by Gasteiger charge is -2.30. The number of hydrogen-bond donors (Lipinski definition) is 0. The molecule has 2 aliphatic rings. The summed E-state index contributed by atoms with van der Waals surface area (Å²) < 4.78 is 2.66. The molecular weight excluding hydrogens is 582 g/mol. The van der Waals surface area contributed by atoms with Crippen LogP contribution in [0.15, 0.2) is 63.4 Å². The van der Waals surface area contributed by atoms with Crippen LogP contribution in [-0.4, -0.2) is 28.9 Å². The van der Waals surface area contributed by atoms with Crippen molar-refractivity contribution in [1.29, 1.82) is 0 Å². The van der Waals surface area contributed by atoms with E-state index in [4.69, 9.17) is 16.6 Å². The van der Waals surface area contributed by atoms with Crippen molar-refractivity contribution < 1.29 is 9.52 Å². The maximum Gasteiger partial charge on any atom is 0.227 e. The van der Waals surface area contributed by atoms with E-state index in [9.17, 15) is 10.0 Å².